The second-order valence-corrected chi connectivity index (χ2v) is 4.15. The van der Waals surface area contributed by atoms with Crippen molar-refractivity contribution in [1.29, 1.82) is 0 Å². The molecule has 0 unspecified atom stereocenters. The molecule has 2 aromatic rings. The lowest BCUT2D eigenvalue weighted by atomic mass is 10.3. The van der Waals surface area contributed by atoms with E-state index < -0.39 is 0 Å². The molecule has 7 heteroatoms. The Labute approximate surface area is 116 Å². The molecule has 3 N–H and O–H groups in total. The summed E-state index contributed by atoms with van der Waals surface area (Å²) >= 11 is 0. The highest BCUT2D eigenvalue weighted by Crippen LogP contribution is 2.19. The average molecular weight is 275 g/mol. The number of amides is 1. The molecule has 1 aromatic carbocycles. The van der Waals surface area contributed by atoms with Crippen LogP contribution in [0.3, 0.4) is 0 Å². The van der Waals surface area contributed by atoms with E-state index in [9.17, 15) is 4.79 Å². The van der Waals surface area contributed by atoms with Crippen LogP contribution in [0.1, 0.15) is 6.42 Å². The van der Waals surface area contributed by atoms with Gasteiger partial charge in [-0.15, -0.1) is 5.10 Å². The van der Waals surface area contributed by atoms with Gasteiger partial charge in [0.2, 0.25) is 5.91 Å². The second kappa shape index (κ2) is 7.13. The highest BCUT2D eigenvalue weighted by molar-refractivity contribution is 5.75. The van der Waals surface area contributed by atoms with Crippen LogP contribution in [0, 0.1) is 0 Å². The van der Waals surface area contributed by atoms with Crippen LogP contribution in [0.4, 0.5) is 5.69 Å². The number of nitrogen functional groups attached to an aromatic ring is 1. The van der Waals surface area contributed by atoms with Crippen molar-refractivity contribution in [3.8, 4) is 5.75 Å². The van der Waals surface area contributed by atoms with Gasteiger partial charge in [0, 0.05) is 12.7 Å². The number of aromatic nitrogens is 3. The standard InChI is InChI=1S/C13H17N5O2/c14-11-3-1-2-4-12(11)20-10-5-13(19)15-6-8-18-9-7-16-17-18/h1-4,7,9H,5-6,8,10,14H2,(H,15,19). The van der Waals surface area contributed by atoms with Gasteiger partial charge >= 0.3 is 0 Å². The number of rotatable bonds is 7. The molecule has 1 amide bonds. The van der Waals surface area contributed by atoms with Gasteiger partial charge in [0.1, 0.15) is 5.75 Å². The molecule has 0 aliphatic rings. The molecule has 106 valence electrons. The van der Waals surface area contributed by atoms with Gasteiger partial charge in [-0.1, -0.05) is 17.3 Å². The molecular formula is C13H17N5O2. The van der Waals surface area contributed by atoms with Crippen LogP contribution in [0.5, 0.6) is 5.75 Å². The van der Waals surface area contributed by atoms with Crippen molar-refractivity contribution in [2.24, 2.45) is 0 Å². The highest BCUT2D eigenvalue weighted by Gasteiger charge is 2.03. The quantitative estimate of drug-likeness (QED) is 0.715. The molecule has 2 rings (SSSR count). The first kappa shape index (κ1) is 13.9. The van der Waals surface area contributed by atoms with Gasteiger partial charge in [0.05, 0.1) is 31.5 Å². The summed E-state index contributed by atoms with van der Waals surface area (Å²) in [4.78, 5) is 11.6. The largest absolute Gasteiger partial charge is 0.491 e. The van der Waals surface area contributed by atoms with E-state index in [0.717, 1.165) is 0 Å². The topological polar surface area (TPSA) is 95.1 Å². The first-order chi connectivity index (χ1) is 9.75. The van der Waals surface area contributed by atoms with Crippen molar-refractivity contribution >= 4 is 11.6 Å². The monoisotopic (exact) mass is 275 g/mol. The molecule has 7 nitrogen and oxygen atoms in total. The Morgan fingerprint density at radius 2 is 2.25 bits per heavy atom. The normalized spacial score (nSPS) is 10.2. The lowest BCUT2D eigenvalue weighted by Gasteiger charge is -2.08. The van der Waals surface area contributed by atoms with Crippen LogP contribution in [-0.2, 0) is 11.3 Å². The lowest BCUT2D eigenvalue weighted by Crippen LogP contribution is -2.28. The molecule has 20 heavy (non-hydrogen) atoms. The lowest BCUT2D eigenvalue weighted by molar-refractivity contribution is -0.121. The van der Waals surface area contributed by atoms with Gasteiger partial charge in [-0.3, -0.25) is 9.48 Å². The third-order valence-electron chi connectivity index (χ3n) is 2.64. The Hall–Kier alpha value is -2.57. The smallest absolute Gasteiger partial charge is 0.223 e. The molecular weight excluding hydrogens is 258 g/mol. The second-order valence-electron chi connectivity index (χ2n) is 4.15. The zero-order valence-electron chi connectivity index (χ0n) is 11.0. The SMILES string of the molecule is Nc1ccccc1OCCC(=O)NCCn1ccnn1. The minimum Gasteiger partial charge on any atom is -0.491 e. The summed E-state index contributed by atoms with van der Waals surface area (Å²) in [6.45, 7) is 1.40. The summed E-state index contributed by atoms with van der Waals surface area (Å²) in [6.07, 6.45) is 3.62. The van der Waals surface area contributed by atoms with Crippen LogP contribution in [0.2, 0.25) is 0 Å². The van der Waals surface area contributed by atoms with E-state index in [1.165, 1.54) is 0 Å². The van der Waals surface area contributed by atoms with E-state index in [0.29, 0.717) is 31.1 Å². The Bertz CT molecular complexity index is 541. The molecule has 0 radical (unpaired) electrons. The Balaban J connectivity index is 1.62. The maximum atomic E-state index is 11.6. The number of para-hydroxylation sites is 2. The Morgan fingerprint density at radius 1 is 1.40 bits per heavy atom. The maximum absolute atomic E-state index is 11.6. The maximum Gasteiger partial charge on any atom is 0.223 e. The van der Waals surface area contributed by atoms with Crippen LogP contribution in [-0.4, -0.2) is 34.1 Å². The van der Waals surface area contributed by atoms with Gasteiger partial charge in [0.15, 0.2) is 0 Å². The van der Waals surface area contributed by atoms with E-state index in [1.807, 2.05) is 12.1 Å². The van der Waals surface area contributed by atoms with E-state index in [2.05, 4.69) is 15.6 Å². The summed E-state index contributed by atoms with van der Waals surface area (Å²) < 4.78 is 7.10. The third kappa shape index (κ3) is 4.27. The molecule has 0 saturated heterocycles. The number of benzene rings is 1. The Morgan fingerprint density at radius 3 is 3.00 bits per heavy atom. The predicted molar refractivity (Wildman–Crippen MR) is 74.0 cm³/mol. The number of carbonyl (C=O) groups excluding carboxylic acids is 1. The number of carbonyl (C=O) groups is 1. The van der Waals surface area contributed by atoms with E-state index in [1.54, 1.807) is 29.2 Å². The molecule has 0 saturated carbocycles. The van der Waals surface area contributed by atoms with Crippen LogP contribution in [0.15, 0.2) is 36.7 Å². The fourth-order valence-corrected chi connectivity index (χ4v) is 1.62. The fraction of sp³-hybridized carbons (Fsp3) is 0.308. The molecule has 1 aromatic heterocycles. The summed E-state index contributed by atoms with van der Waals surface area (Å²) in [5.41, 5.74) is 6.30. The van der Waals surface area contributed by atoms with Crippen molar-refractivity contribution in [1.82, 2.24) is 20.3 Å². The number of ether oxygens (including phenoxy) is 1. The van der Waals surface area contributed by atoms with Gasteiger partial charge in [-0.2, -0.15) is 0 Å². The zero-order chi connectivity index (χ0) is 14.2. The molecule has 0 spiro atoms. The van der Waals surface area contributed by atoms with Crippen LogP contribution < -0.4 is 15.8 Å². The van der Waals surface area contributed by atoms with Crippen molar-refractivity contribution < 1.29 is 9.53 Å². The summed E-state index contributed by atoms with van der Waals surface area (Å²) in [5.74, 6) is 0.530. The third-order valence-corrected chi connectivity index (χ3v) is 2.64. The molecule has 0 atom stereocenters. The number of anilines is 1. The first-order valence-electron chi connectivity index (χ1n) is 6.34. The van der Waals surface area contributed by atoms with Crippen molar-refractivity contribution in [3.63, 3.8) is 0 Å². The minimum atomic E-state index is -0.0698. The van der Waals surface area contributed by atoms with Crippen molar-refractivity contribution in [3.05, 3.63) is 36.7 Å². The van der Waals surface area contributed by atoms with Gasteiger partial charge in [-0.25, -0.2) is 0 Å². The molecule has 1 heterocycles. The number of nitrogens with two attached hydrogens (primary N) is 1. The summed E-state index contributed by atoms with van der Waals surface area (Å²) in [7, 11) is 0. The Kier molecular flexibility index (Phi) is 4.94. The summed E-state index contributed by atoms with van der Waals surface area (Å²) in [5, 5.41) is 10.3. The van der Waals surface area contributed by atoms with E-state index in [4.69, 9.17) is 10.5 Å². The van der Waals surface area contributed by atoms with Crippen LogP contribution in [0.25, 0.3) is 0 Å². The summed E-state index contributed by atoms with van der Waals surface area (Å²) in [6, 6.07) is 7.20. The number of hydrogen-bond donors (Lipinski definition) is 2. The van der Waals surface area contributed by atoms with Gasteiger partial charge in [0.25, 0.3) is 0 Å². The number of hydrogen-bond acceptors (Lipinski definition) is 5. The highest BCUT2D eigenvalue weighted by atomic mass is 16.5. The van der Waals surface area contributed by atoms with E-state index in [-0.39, 0.29) is 12.3 Å². The minimum absolute atomic E-state index is 0.0698. The van der Waals surface area contributed by atoms with Crippen molar-refractivity contribution in [2.45, 2.75) is 13.0 Å². The van der Waals surface area contributed by atoms with Gasteiger partial charge < -0.3 is 15.8 Å². The number of nitrogens with zero attached hydrogens (tertiary/aromatic N) is 3. The predicted octanol–water partition coefficient (Wildman–Crippen LogP) is 0.446. The molecule has 0 aliphatic carbocycles. The molecule has 0 bridgehead atoms. The fourth-order valence-electron chi connectivity index (χ4n) is 1.62. The van der Waals surface area contributed by atoms with E-state index >= 15 is 0 Å². The number of nitrogens with one attached hydrogen (secondary N) is 1. The zero-order valence-corrected chi connectivity index (χ0v) is 11.0. The first-order valence-corrected chi connectivity index (χ1v) is 6.34. The van der Waals surface area contributed by atoms with Gasteiger partial charge in [-0.05, 0) is 12.1 Å². The average Bonchev–Trinajstić information content (AvgIpc) is 2.94. The van der Waals surface area contributed by atoms with Crippen molar-refractivity contribution in [2.75, 3.05) is 18.9 Å². The molecule has 0 aliphatic heterocycles. The molecule has 0 fully saturated rings. The van der Waals surface area contributed by atoms with Crippen LogP contribution >= 0.6 is 0 Å².